The predicted molar refractivity (Wildman–Crippen MR) is 218 cm³/mol. The van der Waals surface area contributed by atoms with Crippen LogP contribution in [0.25, 0.3) is 22.0 Å². The first-order valence-corrected chi connectivity index (χ1v) is 20.8. The van der Waals surface area contributed by atoms with Crippen molar-refractivity contribution in [2.24, 2.45) is 11.3 Å². The van der Waals surface area contributed by atoms with Crippen molar-refractivity contribution in [3.8, 4) is 17.1 Å². The zero-order valence-electron chi connectivity index (χ0n) is 33.9. The summed E-state index contributed by atoms with van der Waals surface area (Å²) in [6.07, 6.45) is 1.02. The van der Waals surface area contributed by atoms with Crippen molar-refractivity contribution >= 4 is 50.3 Å². The summed E-state index contributed by atoms with van der Waals surface area (Å²) >= 11 is 0. The second-order valence-electron chi connectivity index (χ2n) is 17.6. The van der Waals surface area contributed by atoms with E-state index in [2.05, 4.69) is 21.9 Å². The number of pyridine rings is 1. The Morgan fingerprint density at radius 1 is 1.02 bits per heavy atom. The molecule has 3 fully saturated rings. The van der Waals surface area contributed by atoms with Crippen LogP contribution in [0.1, 0.15) is 67.2 Å². The summed E-state index contributed by atoms with van der Waals surface area (Å²) in [5.41, 5.74) is -0.670. The Balaban J connectivity index is 1.33. The molecule has 1 aromatic heterocycles. The highest BCUT2D eigenvalue weighted by atomic mass is 32.2. The van der Waals surface area contributed by atoms with Crippen LogP contribution in [0.2, 0.25) is 0 Å². The Morgan fingerprint density at radius 3 is 2.26 bits per heavy atom. The van der Waals surface area contributed by atoms with Crippen LogP contribution in [0, 0.1) is 11.3 Å². The number of ether oxygens (including phenoxy) is 2. The van der Waals surface area contributed by atoms with Gasteiger partial charge in [-0.3, -0.25) is 19.1 Å². The van der Waals surface area contributed by atoms with Crippen LogP contribution in [0.3, 0.4) is 0 Å². The monoisotopic (exact) mass is 802 g/mol. The zero-order valence-corrected chi connectivity index (χ0v) is 34.7. The normalized spacial score (nSPS) is 22.6. The maximum Gasteiger partial charge on any atom is 0.408 e. The van der Waals surface area contributed by atoms with E-state index in [0.29, 0.717) is 24.4 Å². The molecule has 1 aliphatic heterocycles. The third kappa shape index (κ3) is 9.19. The van der Waals surface area contributed by atoms with Crippen molar-refractivity contribution in [2.75, 3.05) is 25.5 Å². The van der Waals surface area contributed by atoms with Gasteiger partial charge in [-0.05, 0) is 75.1 Å². The minimum absolute atomic E-state index is 0.00939. The number of aromatic nitrogens is 1. The minimum Gasteiger partial charge on any atom is -0.472 e. The van der Waals surface area contributed by atoms with E-state index in [1.807, 2.05) is 73.6 Å². The highest BCUT2D eigenvalue weighted by molar-refractivity contribution is 7.91. The minimum atomic E-state index is -3.91. The van der Waals surface area contributed by atoms with Crippen molar-refractivity contribution < 1.29 is 37.1 Å². The number of sulfonamides is 1. The first-order chi connectivity index (χ1) is 26.6. The Hall–Kier alpha value is -5.18. The number of carbonyl (C=O) groups excluding carboxylic acids is 4. The fourth-order valence-electron chi connectivity index (χ4n) is 7.13. The van der Waals surface area contributed by atoms with Gasteiger partial charge in [0.1, 0.15) is 29.3 Å². The molecule has 0 spiro atoms. The third-order valence-electron chi connectivity index (χ3n) is 10.5. The molecule has 57 heavy (non-hydrogen) atoms. The molecule has 14 nitrogen and oxygen atoms in total. The van der Waals surface area contributed by atoms with Crippen molar-refractivity contribution in [2.45, 2.75) is 102 Å². The number of fused-ring (bicyclic) bond motifs is 1. The van der Waals surface area contributed by atoms with E-state index >= 15 is 0 Å². The Labute approximate surface area is 334 Å². The lowest BCUT2D eigenvalue weighted by molar-refractivity contribution is -0.143. The number of carbonyl (C=O) groups is 4. The molecular formula is C42H54N6O8S. The summed E-state index contributed by atoms with van der Waals surface area (Å²) in [5.74, 6) is -2.29. The standard InChI is InChI=1S/C42H54N6O8S/c1-10-27-23-42(27,38(51)46-57(53,54)30-19-20-30)45-35(49)33-22-29(24-48(33)37(50)34(40(2,3)4)44-39(52)56-41(5,6)7)55-36-31-14-12-11-13-26(31)21-32(43-36)25-15-17-28(18-16-25)47(8)9/h10-18,21,27,29-30,33-34H,1,19-20,22-24H2,2-9H3,(H,44,52)(H,45,49)(H,46,51)/t27-,29-,33?,34-,42-/m1/s1. The summed E-state index contributed by atoms with van der Waals surface area (Å²) in [6, 6.07) is 15.3. The molecule has 2 heterocycles. The van der Waals surface area contributed by atoms with E-state index in [1.165, 1.54) is 11.0 Å². The number of benzene rings is 2. The smallest absolute Gasteiger partial charge is 0.408 e. The van der Waals surface area contributed by atoms with Crippen molar-refractivity contribution in [1.82, 2.24) is 25.2 Å². The van der Waals surface area contributed by atoms with Gasteiger partial charge in [-0.15, -0.1) is 6.58 Å². The molecule has 4 amide bonds. The number of rotatable bonds is 12. The average Bonchev–Trinajstić information content (AvgIpc) is 4.06. The van der Waals surface area contributed by atoms with Gasteiger partial charge in [0.05, 0.1) is 17.5 Å². The van der Waals surface area contributed by atoms with Gasteiger partial charge in [0, 0.05) is 43.1 Å². The number of nitrogens with one attached hydrogen (secondary N) is 3. The number of hydrogen-bond acceptors (Lipinski definition) is 10. The second kappa shape index (κ2) is 15.3. The highest BCUT2D eigenvalue weighted by Gasteiger charge is 2.62. The number of anilines is 1. The molecular weight excluding hydrogens is 749 g/mol. The summed E-state index contributed by atoms with van der Waals surface area (Å²) in [7, 11) is 0.0148. The molecule has 6 rings (SSSR count). The molecule has 3 aromatic rings. The Bertz CT molecular complexity index is 2170. The summed E-state index contributed by atoms with van der Waals surface area (Å²) in [4.78, 5) is 64.1. The summed E-state index contributed by atoms with van der Waals surface area (Å²) < 4.78 is 39.9. The highest BCUT2D eigenvalue weighted by Crippen LogP contribution is 2.46. The van der Waals surface area contributed by atoms with E-state index in [9.17, 15) is 27.6 Å². The predicted octanol–water partition coefficient (Wildman–Crippen LogP) is 4.92. The number of hydrogen-bond donors (Lipinski definition) is 3. The molecule has 3 N–H and O–H groups in total. The van der Waals surface area contributed by atoms with Crippen molar-refractivity contribution in [3.05, 3.63) is 67.3 Å². The van der Waals surface area contributed by atoms with Crippen LogP contribution in [0.5, 0.6) is 5.88 Å². The van der Waals surface area contributed by atoms with E-state index in [-0.39, 0.29) is 19.4 Å². The average molecular weight is 803 g/mol. The second-order valence-corrected chi connectivity index (χ2v) is 19.5. The van der Waals surface area contributed by atoms with Gasteiger partial charge in [0.15, 0.2) is 0 Å². The lowest BCUT2D eigenvalue weighted by Gasteiger charge is -2.36. The third-order valence-corrected chi connectivity index (χ3v) is 12.4. The molecule has 1 unspecified atom stereocenters. The molecule has 1 saturated heterocycles. The topological polar surface area (TPSA) is 176 Å². The summed E-state index contributed by atoms with van der Waals surface area (Å²) in [5, 5.41) is 6.50. The van der Waals surface area contributed by atoms with Gasteiger partial charge < -0.3 is 29.9 Å². The van der Waals surface area contributed by atoms with Crippen molar-refractivity contribution in [1.29, 1.82) is 0 Å². The molecule has 2 aromatic carbocycles. The van der Waals surface area contributed by atoms with Gasteiger partial charge in [0.25, 0.3) is 5.91 Å². The maximum absolute atomic E-state index is 14.7. The lowest BCUT2D eigenvalue weighted by Crippen LogP contribution is -2.60. The van der Waals surface area contributed by atoms with Gasteiger partial charge >= 0.3 is 6.09 Å². The zero-order chi connectivity index (χ0) is 41.7. The fraction of sp³-hybridized carbons (Fsp3) is 0.500. The number of amides is 4. The van der Waals surface area contributed by atoms with E-state index in [0.717, 1.165) is 22.0 Å². The van der Waals surface area contributed by atoms with E-state index < -0.39 is 79.7 Å². The van der Waals surface area contributed by atoms with E-state index in [4.69, 9.17) is 14.5 Å². The quantitative estimate of drug-likeness (QED) is 0.213. The number of likely N-dealkylation sites (tertiary alicyclic amines) is 1. The van der Waals surface area contributed by atoms with E-state index in [1.54, 1.807) is 41.5 Å². The van der Waals surface area contributed by atoms with Gasteiger partial charge in [-0.2, -0.15) is 0 Å². The number of nitrogens with zero attached hydrogens (tertiary/aromatic N) is 3. The number of alkyl carbamates (subject to hydrolysis) is 1. The van der Waals surface area contributed by atoms with Gasteiger partial charge in [-0.1, -0.05) is 57.2 Å². The van der Waals surface area contributed by atoms with Crippen LogP contribution in [-0.4, -0.2) is 97.3 Å². The molecule has 2 aliphatic carbocycles. The largest absolute Gasteiger partial charge is 0.472 e. The lowest BCUT2D eigenvalue weighted by atomic mass is 9.85. The van der Waals surface area contributed by atoms with Crippen LogP contribution in [0.4, 0.5) is 10.5 Å². The molecule has 2 saturated carbocycles. The fourth-order valence-corrected chi connectivity index (χ4v) is 8.49. The van der Waals surface area contributed by atoms with Gasteiger partial charge in [0.2, 0.25) is 27.7 Å². The Kier molecular flexibility index (Phi) is 11.1. The molecule has 5 atom stereocenters. The molecule has 3 aliphatic rings. The SMILES string of the molecule is C=C[C@@H]1C[C@]1(NC(=O)C1C[C@@H](Oc2nc(-c3ccc(N(C)C)cc3)cc3ccccc23)CN1C(=O)[C@@H](NC(=O)OC(C)(C)C)C(C)(C)C)C(=O)NS(=O)(=O)C1CC1. The van der Waals surface area contributed by atoms with Crippen LogP contribution < -0.4 is 25.0 Å². The maximum atomic E-state index is 14.7. The van der Waals surface area contributed by atoms with Crippen LogP contribution >= 0.6 is 0 Å². The van der Waals surface area contributed by atoms with Gasteiger partial charge in [-0.25, -0.2) is 18.2 Å². The Morgan fingerprint density at radius 2 is 1.68 bits per heavy atom. The molecule has 15 heteroatoms. The van der Waals surface area contributed by atoms with Crippen LogP contribution in [-0.2, 0) is 29.1 Å². The van der Waals surface area contributed by atoms with Crippen molar-refractivity contribution in [3.63, 3.8) is 0 Å². The molecule has 306 valence electrons. The first-order valence-electron chi connectivity index (χ1n) is 19.3. The van der Waals surface area contributed by atoms with Crippen LogP contribution in [0.15, 0.2) is 67.3 Å². The first kappa shape index (κ1) is 41.5. The molecule has 0 bridgehead atoms. The summed E-state index contributed by atoms with van der Waals surface area (Å²) in [6.45, 7) is 14.2. The molecule has 0 radical (unpaired) electrons.